The minimum absolute atomic E-state index is 0.209. The monoisotopic (exact) mass is 420 g/mol. The van der Waals surface area contributed by atoms with E-state index < -0.39 is 5.72 Å². The van der Waals surface area contributed by atoms with Gasteiger partial charge in [-0.05, 0) is 23.3 Å². The van der Waals surface area contributed by atoms with Crippen molar-refractivity contribution in [2.45, 2.75) is 18.9 Å². The molecule has 4 heteroatoms. The average Bonchev–Trinajstić information content (AvgIpc) is 3.08. The molecule has 0 amide bonds. The quantitative estimate of drug-likeness (QED) is 0.424. The first-order valence-electron chi connectivity index (χ1n) is 10.7. The van der Waals surface area contributed by atoms with Gasteiger partial charge in [-0.1, -0.05) is 97.1 Å². The Morgan fingerprint density at radius 1 is 0.750 bits per heavy atom. The van der Waals surface area contributed by atoms with Gasteiger partial charge < -0.3 is 14.7 Å². The van der Waals surface area contributed by atoms with Crippen LogP contribution in [0, 0.1) is 5.41 Å². The highest BCUT2D eigenvalue weighted by Gasteiger charge is 2.50. The van der Waals surface area contributed by atoms with E-state index in [0.29, 0.717) is 12.4 Å². The molecule has 0 aliphatic carbocycles. The molecule has 0 bridgehead atoms. The molecule has 0 saturated carbocycles. The minimum Gasteiger partial charge on any atom is -0.508 e. The molecule has 0 fully saturated rings. The van der Waals surface area contributed by atoms with E-state index in [1.54, 1.807) is 12.1 Å². The number of aromatic hydroxyl groups is 1. The summed E-state index contributed by atoms with van der Waals surface area (Å²) in [6, 6.07) is 35.4. The van der Waals surface area contributed by atoms with Crippen LogP contribution in [-0.2, 0) is 23.6 Å². The van der Waals surface area contributed by atoms with Gasteiger partial charge >= 0.3 is 0 Å². The number of phenolic OH excluding ortho intramolecular Hbond substituents is 1. The molecule has 1 aliphatic rings. The lowest BCUT2D eigenvalue weighted by Crippen LogP contribution is -2.46. The van der Waals surface area contributed by atoms with Gasteiger partial charge in [0.2, 0.25) is 0 Å². The van der Waals surface area contributed by atoms with Gasteiger partial charge in [-0.3, -0.25) is 5.41 Å². The fraction of sp³-hybridized carbons (Fsp3) is 0.107. The number of amidine groups is 1. The molecule has 1 aliphatic heterocycles. The predicted molar refractivity (Wildman–Crippen MR) is 125 cm³/mol. The van der Waals surface area contributed by atoms with Crippen molar-refractivity contribution in [1.29, 1.82) is 5.41 Å². The maximum atomic E-state index is 9.93. The van der Waals surface area contributed by atoms with E-state index in [-0.39, 0.29) is 12.4 Å². The van der Waals surface area contributed by atoms with Crippen LogP contribution in [0.3, 0.4) is 0 Å². The summed E-state index contributed by atoms with van der Waals surface area (Å²) in [7, 11) is 0. The molecule has 0 aromatic heterocycles. The van der Waals surface area contributed by atoms with E-state index >= 15 is 0 Å². The lowest BCUT2D eigenvalue weighted by atomic mass is 9.93. The lowest BCUT2D eigenvalue weighted by molar-refractivity contribution is -0.111. The zero-order valence-corrected chi connectivity index (χ0v) is 17.6. The molecular formula is C28H24N2O2. The van der Waals surface area contributed by atoms with Crippen LogP contribution in [0.5, 0.6) is 5.75 Å². The topological polar surface area (TPSA) is 56.6 Å². The van der Waals surface area contributed by atoms with E-state index in [0.717, 1.165) is 27.8 Å². The number of nitrogens with zero attached hydrogens (tertiary/aromatic N) is 1. The fourth-order valence-electron chi connectivity index (χ4n) is 4.44. The second kappa shape index (κ2) is 8.33. The predicted octanol–water partition coefficient (Wildman–Crippen LogP) is 5.65. The van der Waals surface area contributed by atoms with Gasteiger partial charge in [0.25, 0.3) is 0 Å². The number of nitrogens with one attached hydrogen (secondary N) is 1. The first kappa shape index (κ1) is 20.0. The van der Waals surface area contributed by atoms with E-state index in [2.05, 4.69) is 24.3 Å². The third-order valence-electron chi connectivity index (χ3n) is 5.90. The van der Waals surface area contributed by atoms with Crippen LogP contribution in [0.25, 0.3) is 0 Å². The lowest BCUT2D eigenvalue weighted by Gasteiger charge is -2.40. The molecule has 4 nitrogen and oxygen atoms in total. The van der Waals surface area contributed by atoms with Gasteiger partial charge in [0.1, 0.15) is 11.6 Å². The maximum Gasteiger partial charge on any atom is 0.196 e. The number of ether oxygens (including phenoxy) is 1. The van der Waals surface area contributed by atoms with Crippen LogP contribution >= 0.6 is 0 Å². The van der Waals surface area contributed by atoms with Gasteiger partial charge in [0.15, 0.2) is 5.72 Å². The molecule has 1 heterocycles. The number of fused-ring (bicyclic) bond motifs is 1. The molecule has 2 N–H and O–H groups in total. The zero-order chi connectivity index (χ0) is 22.0. The number of hydrogen-bond donors (Lipinski definition) is 2. The van der Waals surface area contributed by atoms with Crippen LogP contribution in [0.15, 0.2) is 109 Å². The molecule has 0 radical (unpaired) electrons. The molecular weight excluding hydrogens is 396 g/mol. The van der Waals surface area contributed by atoms with E-state index in [9.17, 15) is 5.11 Å². The minimum atomic E-state index is -0.962. The Hall–Kier alpha value is -3.89. The molecule has 158 valence electrons. The van der Waals surface area contributed by atoms with Gasteiger partial charge in [-0.2, -0.15) is 0 Å². The molecule has 1 unspecified atom stereocenters. The molecule has 1 atom stereocenters. The third kappa shape index (κ3) is 3.45. The Kier molecular flexibility index (Phi) is 5.21. The van der Waals surface area contributed by atoms with Crippen LogP contribution in [0.2, 0.25) is 0 Å². The smallest absolute Gasteiger partial charge is 0.196 e. The van der Waals surface area contributed by atoms with Crippen molar-refractivity contribution in [2.75, 3.05) is 0 Å². The Labute approximate surface area is 187 Å². The molecule has 0 spiro atoms. The van der Waals surface area contributed by atoms with Crippen molar-refractivity contribution in [3.8, 4) is 5.75 Å². The Balaban J connectivity index is 1.66. The number of benzene rings is 4. The normalized spacial score (nSPS) is 17.4. The zero-order valence-electron chi connectivity index (χ0n) is 17.6. The average molecular weight is 421 g/mol. The summed E-state index contributed by atoms with van der Waals surface area (Å²) in [4.78, 5) is 2.03. The van der Waals surface area contributed by atoms with Gasteiger partial charge in [0, 0.05) is 23.2 Å². The Bertz CT molecular complexity index is 1240. The first-order chi connectivity index (χ1) is 15.7. The third-order valence-corrected chi connectivity index (χ3v) is 5.90. The SMILES string of the molecule is N=C1c2ccccc2C(OCc2cccc(O)c2)(c2ccccc2)N1Cc1ccccc1. The second-order valence-corrected chi connectivity index (χ2v) is 7.93. The summed E-state index contributed by atoms with van der Waals surface area (Å²) in [6.07, 6.45) is 0. The molecule has 0 saturated heterocycles. The molecule has 5 rings (SSSR count). The van der Waals surface area contributed by atoms with E-state index in [1.165, 1.54) is 0 Å². The second-order valence-electron chi connectivity index (χ2n) is 7.93. The van der Waals surface area contributed by atoms with Crippen molar-refractivity contribution < 1.29 is 9.84 Å². The largest absolute Gasteiger partial charge is 0.508 e. The van der Waals surface area contributed by atoms with Crippen molar-refractivity contribution >= 4 is 5.84 Å². The standard InChI is InChI=1S/C28H24N2O2/c29-27-25-16-7-8-17-26(25)28(23-13-5-2-6-14-23,30(27)19-21-10-3-1-4-11-21)32-20-22-12-9-15-24(31)18-22/h1-18,29,31H,19-20H2. The van der Waals surface area contributed by atoms with Crippen molar-refractivity contribution in [3.63, 3.8) is 0 Å². The number of hydrogen-bond acceptors (Lipinski definition) is 3. The van der Waals surface area contributed by atoms with Crippen LogP contribution in [0.1, 0.15) is 27.8 Å². The highest BCUT2D eigenvalue weighted by molar-refractivity contribution is 6.02. The summed E-state index contributed by atoms with van der Waals surface area (Å²) in [5.74, 6) is 0.643. The van der Waals surface area contributed by atoms with E-state index in [1.807, 2.05) is 77.7 Å². The van der Waals surface area contributed by atoms with Crippen molar-refractivity contribution in [2.24, 2.45) is 0 Å². The summed E-state index contributed by atoms with van der Waals surface area (Å²) >= 11 is 0. The summed E-state index contributed by atoms with van der Waals surface area (Å²) in [5, 5.41) is 19.0. The highest BCUT2D eigenvalue weighted by Crippen LogP contribution is 2.46. The van der Waals surface area contributed by atoms with Crippen LogP contribution in [-0.4, -0.2) is 15.8 Å². The van der Waals surface area contributed by atoms with E-state index in [4.69, 9.17) is 10.1 Å². The molecule has 4 aromatic carbocycles. The van der Waals surface area contributed by atoms with Crippen molar-refractivity contribution in [3.05, 3.63) is 137 Å². The van der Waals surface area contributed by atoms with Gasteiger partial charge in [0.05, 0.1) is 6.61 Å². The summed E-state index contributed by atoms with van der Waals surface area (Å²) < 4.78 is 6.77. The Morgan fingerprint density at radius 3 is 2.16 bits per heavy atom. The molecule has 32 heavy (non-hydrogen) atoms. The fourth-order valence-corrected chi connectivity index (χ4v) is 4.44. The highest BCUT2D eigenvalue weighted by atomic mass is 16.5. The van der Waals surface area contributed by atoms with Gasteiger partial charge in [-0.15, -0.1) is 0 Å². The summed E-state index contributed by atoms with van der Waals surface area (Å²) in [6.45, 7) is 0.819. The van der Waals surface area contributed by atoms with Crippen LogP contribution in [0.4, 0.5) is 0 Å². The Morgan fingerprint density at radius 2 is 1.41 bits per heavy atom. The number of phenols is 1. The maximum absolute atomic E-state index is 9.93. The first-order valence-corrected chi connectivity index (χ1v) is 10.7. The van der Waals surface area contributed by atoms with Crippen molar-refractivity contribution in [1.82, 2.24) is 4.90 Å². The number of rotatable bonds is 6. The van der Waals surface area contributed by atoms with Gasteiger partial charge in [-0.25, -0.2) is 0 Å². The van der Waals surface area contributed by atoms with Crippen LogP contribution < -0.4 is 0 Å². The molecule has 4 aromatic rings. The summed E-state index contributed by atoms with van der Waals surface area (Å²) in [5.41, 5.74) is 3.79.